The number of carbonyl (C=O) groups is 4. The fourth-order valence-electron chi connectivity index (χ4n) is 7.63. The van der Waals surface area contributed by atoms with Crippen molar-refractivity contribution in [2.24, 2.45) is 11.3 Å². The summed E-state index contributed by atoms with van der Waals surface area (Å²) in [6.45, 7) is 9.95. The predicted molar refractivity (Wildman–Crippen MR) is 192 cm³/mol. The van der Waals surface area contributed by atoms with Crippen LogP contribution < -0.4 is 16.0 Å². The summed E-state index contributed by atoms with van der Waals surface area (Å²) in [6, 6.07) is 17.9. The van der Waals surface area contributed by atoms with Crippen LogP contribution in [0.5, 0.6) is 0 Å². The Morgan fingerprint density at radius 1 is 1.00 bits per heavy atom. The maximum absolute atomic E-state index is 14.6. The van der Waals surface area contributed by atoms with Gasteiger partial charge in [-0.05, 0) is 79.6 Å². The lowest BCUT2D eigenvalue weighted by molar-refractivity contribution is -0.151. The fourth-order valence-corrected chi connectivity index (χ4v) is 7.63. The summed E-state index contributed by atoms with van der Waals surface area (Å²) >= 11 is 0. The van der Waals surface area contributed by atoms with Gasteiger partial charge in [-0.3, -0.25) is 19.2 Å². The summed E-state index contributed by atoms with van der Waals surface area (Å²) in [4.78, 5) is 60.2. The van der Waals surface area contributed by atoms with Crippen molar-refractivity contribution in [1.82, 2.24) is 20.1 Å². The third-order valence-corrected chi connectivity index (χ3v) is 10.4. The van der Waals surface area contributed by atoms with Gasteiger partial charge in [-0.25, -0.2) is 4.98 Å². The Balaban J connectivity index is 1.35. The van der Waals surface area contributed by atoms with Gasteiger partial charge in [0.15, 0.2) is 0 Å². The van der Waals surface area contributed by atoms with Crippen LogP contribution in [0, 0.1) is 11.3 Å². The number of pyridine rings is 1. The third-order valence-electron chi connectivity index (χ3n) is 10.4. The van der Waals surface area contributed by atoms with Crippen LogP contribution in [0.3, 0.4) is 0 Å². The number of hydrogen-bond donors (Lipinski definition) is 3. The molecule has 3 N–H and O–H groups in total. The summed E-state index contributed by atoms with van der Waals surface area (Å²) in [5.41, 5.74) is 5.13. The molecule has 0 radical (unpaired) electrons. The molecule has 3 aromatic rings. The van der Waals surface area contributed by atoms with Gasteiger partial charge in [0.1, 0.15) is 12.4 Å². The summed E-state index contributed by atoms with van der Waals surface area (Å²) in [5, 5.41) is 9.03. The molecule has 2 aromatic carbocycles. The maximum Gasteiger partial charge on any atom is 0.244 e. The molecular formula is C39H50N6O4. The summed E-state index contributed by atoms with van der Waals surface area (Å²) < 4.78 is 0. The zero-order valence-corrected chi connectivity index (χ0v) is 29.5. The first kappa shape index (κ1) is 35.7. The Morgan fingerprint density at radius 2 is 1.71 bits per heavy atom. The van der Waals surface area contributed by atoms with Crippen LogP contribution in [0.25, 0.3) is 0 Å². The minimum Gasteiger partial charge on any atom is -0.342 e. The molecule has 10 heteroatoms. The van der Waals surface area contributed by atoms with E-state index in [1.807, 2.05) is 81.2 Å². The number of nitrogens with one attached hydrogen (secondary N) is 3. The van der Waals surface area contributed by atoms with Gasteiger partial charge < -0.3 is 25.8 Å². The fraction of sp³-hybridized carbons (Fsp3) is 0.462. The van der Waals surface area contributed by atoms with E-state index in [0.717, 1.165) is 35.1 Å². The zero-order chi connectivity index (χ0) is 35.2. The number of likely N-dealkylation sites (tertiary alicyclic amines) is 1. The first-order valence-electron chi connectivity index (χ1n) is 17.4. The molecule has 1 aliphatic heterocycles. The molecular weight excluding hydrogens is 616 g/mol. The molecule has 0 spiro atoms. The van der Waals surface area contributed by atoms with Crippen molar-refractivity contribution >= 4 is 35.6 Å². The quantitative estimate of drug-likeness (QED) is 0.219. The lowest BCUT2D eigenvalue weighted by atomic mass is 9.74. The average Bonchev–Trinajstić information content (AvgIpc) is 3.45. The van der Waals surface area contributed by atoms with Crippen molar-refractivity contribution in [2.45, 2.75) is 78.3 Å². The molecule has 1 atom stereocenters. The van der Waals surface area contributed by atoms with E-state index in [1.54, 1.807) is 11.1 Å². The summed E-state index contributed by atoms with van der Waals surface area (Å²) in [7, 11) is 1.89. The molecule has 1 fully saturated rings. The number of amides is 4. The van der Waals surface area contributed by atoms with E-state index >= 15 is 0 Å². The highest BCUT2D eigenvalue weighted by atomic mass is 16.2. The first-order chi connectivity index (χ1) is 23.5. The number of benzene rings is 2. The molecule has 0 unspecified atom stereocenters. The highest BCUT2D eigenvalue weighted by Crippen LogP contribution is 2.43. The van der Waals surface area contributed by atoms with Crippen molar-refractivity contribution in [3.8, 4) is 0 Å². The van der Waals surface area contributed by atoms with Crippen molar-refractivity contribution < 1.29 is 19.2 Å². The summed E-state index contributed by atoms with van der Waals surface area (Å²) in [5.74, 6) is 0.284. The van der Waals surface area contributed by atoms with Gasteiger partial charge in [-0.1, -0.05) is 64.1 Å². The van der Waals surface area contributed by atoms with Crippen LogP contribution in [0.2, 0.25) is 0 Å². The van der Waals surface area contributed by atoms with Gasteiger partial charge in [0.2, 0.25) is 24.1 Å². The Morgan fingerprint density at radius 3 is 2.39 bits per heavy atom. The Bertz CT molecular complexity index is 1680. The second-order valence-electron chi connectivity index (χ2n) is 14.2. The summed E-state index contributed by atoms with van der Waals surface area (Å²) in [6.07, 6.45) is 5.61. The Kier molecular flexibility index (Phi) is 11.2. The van der Waals surface area contributed by atoms with Crippen molar-refractivity contribution in [3.05, 3.63) is 88.6 Å². The van der Waals surface area contributed by atoms with Gasteiger partial charge in [0.25, 0.3) is 0 Å². The van der Waals surface area contributed by atoms with Crippen LogP contribution in [0.15, 0.2) is 60.8 Å². The SMILES string of the molecule is CCC1(C(=O)N(CC(=O)Nc2ccc3c(c2)C[C@@](C)(c2cccnc2NC=O)C3)Cc2ccccc2CNC)CCN(C(=O)C(C)C)CC1. The lowest BCUT2D eigenvalue weighted by Crippen LogP contribution is -2.52. The van der Waals surface area contributed by atoms with E-state index in [4.69, 9.17) is 0 Å². The van der Waals surface area contributed by atoms with Crippen molar-refractivity contribution in [3.63, 3.8) is 0 Å². The molecule has 0 bridgehead atoms. The molecule has 2 heterocycles. The maximum atomic E-state index is 14.6. The standard InChI is InChI=1S/C39H50N6O4/c1-6-39(15-18-44(19-16-39)36(48)27(2)3)37(49)45(24-30-11-8-7-10-29(30)23-40-5)25-34(47)43-32-14-13-28-21-38(4,22-31(28)20-32)33-12-9-17-41-35(33)42-26-46/h7-14,17,20,26-27,40H,6,15-16,18-19,21-25H2,1-5H3,(H,43,47)(H,41,42,46)/t38-/m0/s1. The third kappa shape index (κ3) is 7.85. The normalized spacial score (nSPS) is 18.1. The highest BCUT2D eigenvalue weighted by molar-refractivity contribution is 5.95. The molecule has 49 heavy (non-hydrogen) atoms. The van der Waals surface area contributed by atoms with Crippen LogP contribution in [-0.4, -0.2) is 65.6 Å². The van der Waals surface area contributed by atoms with Gasteiger partial charge in [0.05, 0.1) is 5.41 Å². The number of carbonyl (C=O) groups excluding carboxylic acids is 4. The molecule has 10 nitrogen and oxygen atoms in total. The highest BCUT2D eigenvalue weighted by Gasteiger charge is 2.44. The van der Waals surface area contributed by atoms with Gasteiger partial charge in [0, 0.05) is 55.0 Å². The Hall–Kier alpha value is -4.57. The topological polar surface area (TPSA) is 124 Å². The van der Waals surface area contributed by atoms with E-state index in [1.165, 1.54) is 5.56 Å². The smallest absolute Gasteiger partial charge is 0.244 e. The number of anilines is 2. The van der Waals surface area contributed by atoms with Gasteiger partial charge >= 0.3 is 0 Å². The molecule has 1 aromatic heterocycles. The van der Waals surface area contributed by atoms with Gasteiger partial charge in [-0.2, -0.15) is 0 Å². The minimum absolute atomic E-state index is 0.0398. The number of hydrogen-bond acceptors (Lipinski definition) is 6. The van der Waals surface area contributed by atoms with Crippen LogP contribution in [0.1, 0.15) is 74.8 Å². The molecule has 2 aliphatic rings. The van der Waals surface area contributed by atoms with Crippen LogP contribution >= 0.6 is 0 Å². The predicted octanol–water partition coefficient (Wildman–Crippen LogP) is 5.07. The second kappa shape index (κ2) is 15.3. The number of aromatic nitrogens is 1. The molecule has 260 valence electrons. The van der Waals surface area contributed by atoms with E-state index in [2.05, 4.69) is 33.9 Å². The molecule has 5 rings (SSSR count). The van der Waals surface area contributed by atoms with Crippen molar-refractivity contribution in [1.29, 1.82) is 0 Å². The Labute approximate surface area is 290 Å². The zero-order valence-electron chi connectivity index (χ0n) is 29.5. The van der Waals surface area contributed by atoms with Crippen molar-refractivity contribution in [2.75, 3.05) is 37.3 Å². The van der Waals surface area contributed by atoms with E-state index < -0.39 is 5.41 Å². The lowest BCUT2D eigenvalue weighted by Gasteiger charge is -2.43. The van der Waals surface area contributed by atoms with E-state index in [0.29, 0.717) is 63.4 Å². The number of rotatable bonds is 13. The molecule has 1 aliphatic carbocycles. The number of piperidine rings is 1. The molecule has 4 amide bonds. The van der Waals surface area contributed by atoms with Crippen LogP contribution in [-0.2, 0) is 50.5 Å². The molecule has 0 saturated carbocycles. The minimum atomic E-state index is -0.645. The number of fused-ring (bicyclic) bond motifs is 1. The second-order valence-corrected chi connectivity index (χ2v) is 14.2. The van der Waals surface area contributed by atoms with Crippen LogP contribution in [0.4, 0.5) is 11.5 Å². The van der Waals surface area contributed by atoms with E-state index in [9.17, 15) is 19.2 Å². The monoisotopic (exact) mass is 666 g/mol. The first-order valence-corrected chi connectivity index (χ1v) is 17.4. The largest absolute Gasteiger partial charge is 0.342 e. The molecule has 1 saturated heterocycles. The number of nitrogens with zero attached hydrogens (tertiary/aromatic N) is 3. The van der Waals surface area contributed by atoms with Gasteiger partial charge in [-0.15, -0.1) is 0 Å². The average molecular weight is 667 g/mol. The van der Waals surface area contributed by atoms with E-state index in [-0.39, 0.29) is 35.6 Å².